The maximum Gasteiger partial charge on any atom is 0.245 e. The van der Waals surface area contributed by atoms with Crippen molar-refractivity contribution in [1.82, 2.24) is 9.97 Å². The molecule has 0 fully saturated rings. The molecule has 1 heterocycles. The van der Waals surface area contributed by atoms with Gasteiger partial charge < -0.3 is 4.98 Å². The summed E-state index contributed by atoms with van der Waals surface area (Å²) in [5.41, 5.74) is 4.34. The number of aromatic nitrogens is 2. The van der Waals surface area contributed by atoms with Gasteiger partial charge in [0.1, 0.15) is 5.82 Å². The van der Waals surface area contributed by atoms with Gasteiger partial charge in [0.25, 0.3) is 0 Å². The van der Waals surface area contributed by atoms with Gasteiger partial charge in [0.15, 0.2) is 0 Å². The quantitative estimate of drug-likeness (QED) is 0.558. The Balaban J connectivity index is 2.30. The van der Waals surface area contributed by atoms with E-state index in [1.165, 1.54) is 11.1 Å². The second-order valence-corrected chi connectivity index (χ2v) is 7.59. The molecule has 1 aliphatic carbocycles. The minimum absolute atomic E-state index is 0.179. The number of fused-ring (bicyclic) bond motifs is 1. The Hall–Kier alpha value is -2.49. The summed E-state index contributed by atoms with van der Waals surface area (Å²) in [6.45, 7) is 14.3. The number of hydrogen-bond donors (Lipinski definition) is 1. The Bertz CT molecular complexity index is 967. The van der Waals surface area contributed by atoms with Crippen molar-refractivity contribution in [1.29, 1.82) is 0 Å². The number of allylic oxidation sites excluding steroid dienone is 9. The highest BCUT2D eigenvalue weighted by Gasteiger charge is 2.27. The summed E-state index contributed by atoms with van der Waals surface area (Å²) in [5, 5.41) is 1.40. The van der Waals surface area contributed by atoms with Crippen molar-refractivity contribution in [2.24, 2.45) is 11.8 Å². The zero-order chi connectivity index (χ0) is 21.6. The number of imidazole rings is 1. The summed E-state index contributed by atoms with van der Waals surface area (Å²) >= 11 is 0. The van der Waals surface area contributed by atoms with Gasteiger partial charge in [0.05, 0.1) is 10.7 Å². The van der Waals surface area contributed by atoms with Crippen LogP contribution in [0.25, 0.3) is 17.7 Å². The Morgan fingerprint density at radius 3 is 2.48 bits per heavy atom. The van der Waals surface area contributed by atoms with E-state index in [4.69, 9.17) is 0 Å². The third-order valence-electron chi connectivity index (χ3n) is 5.20. The van der Waals surface area contributed by atoms with Crippen LogP contribution in [0.5, 0.6) is 0 Å². The lowest BCUT2D eigenvalue weighted by molar-refractivity contribution is 0.0891. The number of rotatable bonds is 8. The van der Waals surface area contributed by atoms with E-state index in [2.05, 4.69) is 55.5 Å². The molecule has 4 heteroatoms. The van der Waals surface area contributed by atoms with Crippen LogP contribution in [0, 0.1) is 11.8 Å². The lowest BCUT2D eigenvalue weighted by Crippen LogP contribution is -2.35. The van der Waals surface area contributed by atoms with Crippen molar-refractivity contribution in [3.05, 3.63) is 70.2 Å². The van der Waals surface area contributed by atoms with Crippen LogP contribution in [0.1, 0.15) is 53.3 Å². The Kier molecular flexibility index (Phi) is 8.12. The van der Waals surface area contributed by atoms with Gasteiger partial charge in [-0.25, -0.2) is 13.8 Å². The fraction of sp³-hybridized carbons (Fsp3) is 0.400. The first-order chi connectivity index (χ1) is 13.8. The number of nitrogens with one attached hydrogen (secondary N) is 1. The highest BCUT2D eigenvalue weighted by Crippen LogP contribution is 2.27. The molecule has 0 radical (unpaired) electrons. The van der Waals surface area contributed by atoms with Crippen LogP contribution in [0.15, 0.2) is 53.7 Å². The molecule has 2 nitrogen and oxygen atoms in total. The van der Waals surface area contributed by atoms with E-state index in [0.717, 1.165) is 22.9 Å². The molecular formula is C25H32F2N2. The molecule has 0 spiro atoms. The van der Waals surface area contributed by atoms with Crippen LogP contribution in [-0.4, -0.2) is 16.4 Å². The van der Waals surface area contributed by atoms with E-state index in [9.17, 15) is 8.78 Å². The SMILES string of the molecule is C=C(\C=C/C(=C\C)C(=C/C=C(C)C)/CC)c1nc2c([nH]1)=CC(CC)C(C(F)F)C=2. The molecule has 2 rings (SSSR count). The Labute approximate surface area is 172 Å². The van der Waals surface area contributed by atoms with Crippen molar-refractivity contribution in [3.63, 3.8) is 0 Å². The maximum absolute atomic E-state index is 13.4. The molecule has 1 aromatic rings. The Morgan fingerprint density at radius 2 is 1.93 bits per heavy atom. The van der Waals surface area contributed by atoms with Gasteiger partial charge in [0.2, 0.25) is 6.43 Å². The summed E-state index contributed by atoms with van der Waals surface area (Å²) in [7, 11) is 0. The molecule has 0 bridgehead atoms. The molecule has 0 saturated heterocycles. The molecule has 1 N–H and O–H groups in total. The average Bonchev–Trinajstić information content (AvgIpc) is 3.11. The van der Waals surface area contributed by atoms with Crippen molar-refractivity contribution in [2.45, 2.75) is 53.9 Å². The second kappa shape index (κ2) is 10.3. The van der Waals surface area contributed by atoms with Gasteiger partial charge in [-0.2, -0.15) is 0 Å². The summed E-state index contributed by atoms with van der Waals surface area (Å²) < 4.78 is 26.7. The number of aromatic amines is 1. The molecule has 0 aromatic carbocycles. The van der Waals surface area contributed by atoms with Gasteiger partial charge in [0, 0.05) is 11.5 Å². The molecular weight excluding hydrogens is 366 g/mol. The fourth-order valence-electron chi connectivity index (χ4n) is 3.43. The number of hydrogen-bond acceptors (Lipinski definition) is 1. The molecule has 2 unspecified atom stereocenters. The number of alkyl halides is 2. The van der Waals surface area contributed by atoms with Gasteiger partial charge in [-0.15, -0.1) is 0 Å². The third-order valence-corrected chi connectivity index (χ3v) is 5.20. The van der Waals surface area contributed by atoms with Gasteiger partial charge in [-0.1, -0.05) is 62.5 Å². The van der Waals surface area contributed by atoms with Gasteiger partial charge >= 0.3 is 0 Å². The second-order valence-electron chi connectivity index (χ2n) is 7.59. The first kappa shape index (κ1) is 22.8. The summed E-state index contributed by atoms with van der Waals surface area (Å²) in [4.78, 5) is 7.76. The topological polar surface area (TPSA) is 28.7 Å². The van der Waals surface area contributed by atoms with Crippen LogP contribution < -0.4 is 10.7 Å². The summed E-state index contributed by atoms with van der Waals surface area (Å²) in [5.74, 6) is -0.346. The zero-order valence-electron chi connectivity index (χ0n) is 18.1. The minimum Gasteiger partial charge on any atom is -0.338 e. The fourth-order valence-corrected chi connectivity index (χ4v) is 3.43. The highest BCUT2D eigenvalue weighted by molar-refractivity contribution is 5.69. The van der Waals surface area contributed by atoms with E-state index in [-0.39, 0.29) is 5.92 Å². The number of nitrogens with zero attached hydrogens (tertiary/aromatic N) is 1. The lowest BCUT2D eigenvalue weighted by atomic mass is 9.87. The third kappa shape index (κ3) is 5.75. The zero-order valence-corrected chi connectivity index (χ0v) is 18.1. The normalized spacial score (nSPS) is 19.7. The molecule has 1 aliphatic rings. The molecule has 156 valence electrons. The molecule has 0 amide bonds. The molecule has 29 heavy (non-hydrogen) atoms. The standard InChI is InChI=1S/C25H32F2N2/c1-7-18(12-10-16(4)5)19(8-2)13-11-17(6)25-28-22-14-20(9-3)21(24(26)27)15-23(22)29-25/h8,10-15,20-21,24H,6-7,9H2,1-5H3,(H,28,29)/b13-11-,18-12+,19-8+. The molecule has 0 aliphatic heterocycles. The van der Waals surface area contributed by atoms with Crippen molar-refractivity contribution in [2.75, 3.05) is 0 Å². The molecule has 1 aromatic heterocycles. The predicted molar refractivity (Wildman–Crippen MR) is 120 cm³/mol. The van der Waals surface area contributed by atoms with Crippen LogP contribution in [0.3, 0.4) is 0 Å². The average molecular weight is 399 g/mol. The maximum atomic E-state index is 13.4. The molecule has 2 atom stereocenters. The van der Waals surface area contributed by atoms with E-state index in [1.54, 1.807) is 6.08 Å². The van der Waals surface area contributed by atoms with E-state index in [0.29, 0.717) is 17.6 Å². The number of H-pyrrole nitrogens is 1. The highest BCUT2D eigenvalue weighted by atomic mass is 19.3. The number of halogens is 2. The first-order valence-corrected chi connectivity index (χ1v) is 10.3. The van der Waals surface area contributed by atoms with Crippen molar-refractivity contribution >= 4 is 17.7 Å². The van der Waals surface area contributed by atoms with Crippen LogP contribution >= 0.6 is 0 Å². The van der Waals surface area contributed by atoms with Crippen LogP contribution in [-0.2, 0) is 0 Å². The van der Waals surface area contributed by atoms with E-state index < -0.39 is 12.3 Å². The lowest BCUT2D eigenvalue weighted by Gasteiger charge is -2.21. The minimum atomic E-state index is -2.38. The van der Waals surface area contributed by atoms with Crippen molar-refractivity contribution in [3.8, 4) is 0 Å². The summed E-state index contributed by atoms with van der Waals surface area (Å²) in [6, 6.07) is 0. The van der Waals surface area contributed by atoms with Crippen LogP contribution in [0.2, 0.25) is 0 Å². The first-order valence-electron chi connectivity index (χ1n) is 10.3. The van der Waals surface area contributed by atoms with E-state index in [1.807, 2.05) is 32.1 Å². The smallest absolute Gasteiger partial charge is 0.245 e. The van der Waals surface area contributed by atoms with Gasteiger partial charge in [-0.3, -0.25) is 0 Å². The monoisotopic (exact) mass is 398 g/mol. The largest absolute Gasteiger partial charge is 0.338 e. The van der Waals surface area contributed by atoms with Gasteiger partial charge in [-0.05, 0) is 56.8 Å². The van der Waals surface area contributed by atoms with Crippen molar-refractivity contribution < 1.29 is 8.78 Å². The summed E-state index contributed by atoms with van der Waals surface area (Å²) in [6.07, 6.45) is 13.0. The molecule has 0 saturated carbocycles. The van der Waals surface area contributed by atoms with E-state index >= 15 is 0 Å². The Morgan fingerprint density at radius 1 is 1.21 bits per heavy atom. The van der Waals surface area contributed by atoms with Crippen LogP contribution in [0.4, 0.5) is 8.78 Å². The predicted octanol–water partition coefficient (Wildman–Crippen LogP) is 5.71.